The molecule has 0 aromatic heterocycles. The molecule has 0 aliphatic carbocycles. The van der Waals surface area contributed by atoms with E-state index in [-0.39, 0.29) is 23.7 Å². The van der Waals surface area contributed by atoms with Crippen molar-refractivity contribution in [3.8, 4) is 17.2 Å². The molecule has 0 fully saturated rings. The van der Waals surface area contributed by atoms with Crippen molar-refractivity contribution in [2.45, 2.75) is 13.2 Å². The van der Waals surface area contributed by atoms with Crippen LogP contribution in [0.25, 0.3) is 0 Å². The van der Waals surface area contributed by atoms with Crippen molar-refractivity contribution >= 4 is 5.97 Å². The molecule has 0 atom stereocenters. The third kappa shape index (κ3) is 4.58. The van der Waals surface area contributed by atoms with Crippen molar-refractivity contribution in [3.63, 3.8) is 0 Å². The molecular formula is C22H20O5. The summed E-state index contributed by atoms with van der Waals surface area (Å²) in [5.41, 5.74) is 1.97. The molecule has 1 N–H and O–H groups in total. The minimum atomic E-state index is -1.09. The summed E-state index contributed by atoms with van der Waals surface area (Å²) in [7, 11) is 1.41. The van der Waals surface area contributed by atoms with Gasteiger partial charge in [0, 0.05) is 0 Å². The lowest BCUT2D eigenvalue weighted by Gasteiger charge is -2.17. The number of hydrogen-bond acceptors (Lipinski definition) is 4. The molecule has 138 valence electrons. The molecule has 3 rings (SSSR count). The van der Waals surface area contributed by atoms with Crippen molar-refractivity contribution in [1.82, 2.24) is 0 Å². The average Bonchev–Trinajstić information content (AvgIpc) is 2.71. The summed E-state index contributed by atoms with van der Waals surface area (Å²) >= 11 is 0. The van der Waals surface area contributed by atoms with Gasteiger partial charge in [0.05, 0.1) is 7.11 Å². The second-order valence-corrected chi connectivity index (χ2v) is 5.83. The van der Waals surface area contributed by atoms with Gasteiger partial charge in [-0.25, -0.2) is 4.79 Å². The molecule has 0 bridgehead atoms. The zero-order valence-electron chi connectivity index (χ0n) is 14.9. The minimum Gasteiger partial charge on any atom is -0.492 e. The molecule has 3 aromatic carbocycles. The Labute approximate surface area is 157 Å². The number of aromatic carboxylic acids is 1. The molecule has 0 saturated carbocycles. The van der Waals surface area contributed by atoms with Crippen LogP contribution in [0.15, 0.2) is 72.8 Å². The second kappa shape index (κ2) is 8.76. The summed E-state index contributed by atoms with van der Waals surface area (Å²) in [6.45, 7) is 0.597. The van der Waals surface area contributed by atoms with E-state index in [4.69, 9.17) is 14.2 Å². The first-order valence-electron chi connectivity index (χ1n) is 8.46. The maximum absolute atomic E-state index is 11.5. The number of ether oxygens (including phenoxy) is 3. The number of benzene rings is 3. The Kier molecular flexibility index (Phi) is 5.94. The summed E-state index contributed by atoms with van der Waals surface area (Å²) in [4.78, 5) is 11.5. The second-order valence-electron chi connectivity index (χ2n) is 5.83. The molecule has 0 amide bonds. The number of methoxy groups -OCH3 is 1. The van der Waals surface area contributed by atoms with E-state index in [9.17, 15) is 9.90 Å². The van der Waals surface area contributed by atoms with E-state index in [1.54, 1.807) is 6.07 Å². The first kappa shape index (κ1) is 18.3. The molecule has 27 heavy (non-hydrogen) atoms. The van der Waals surface area contributed by atoms with Crippen molar-refractivity contribution < 1.29 is 24.1 Å². The van der Waals surface area contributed by atoms with Crippen molar-refractivity contribution in [3.05, 3.63) is 89.5 Å². The van der Waals surface area contributed by atoms with Gasteiger partial charge in [-0.15, -0.1) is 0 Å². The highest BCUT2D eigenvalue weighted by Crippen LogP contribution is 2.41. The highest BCUT2D eigenvalue weighted by molar-refractivity contribution is 5.92. The maximum Gasteiger partial charge on any atom is 0.339 e. The third-order valence-corrected chi connectivity index (χ3v) is 3.97. The molecule has 3 aromatic rings. The van der Waals surface area contributed by atoms with Gasteiger partial charge in [0.1, 0.15) is 18.8 Å². The van der Waals surface area contributed by atoms with Gasteiger partial charge in [0.2, 0.25) is 5.75 Å². The SMILES string of the molecule is COc1c(C(=O)O)ccc(OCc2ccccc2)c1OCc1ccccc1. The predicted octanol–water partition coefficient (Wildman–Crippen LogP) is 4.55. The van der Waals surface area contributed by atoms with E-state index in [1.807, 2.05) is 60.7 Å². The lowest BCUT2D eigenvalue weighted by Crippen LogP contribution is -2.06. The molecule has 0 saturated heterocycles. The van der Waals surface area contributed by atoms with Crippen LogP contribution in [0.2, 0.25) is 0 Å². The molecule has 0 radical (unpaired) electrons. The van der Waals surface area contributed by atoms with Gasteiger partial charge in [-0.05, 0) is 23.3 Å². The van der Waals surface area contributed by atoms with Crippen molar-refractivity contribution in [2.24, 2.45) is 0 Å². The number of carboxylic acids is 1. The van der Waals surface area contributed by atoms with Crippen LogP contribution in [0.5, 0.6) is 17.2 Å². The summed E-state index contributed by atoms with van der Waals surface area (Å²) in [6.07, 6.45) is 0. The highest BCUT2D eigenvalue weighted by Gasteiger charge is 2.21. The standard InChI is InChI=1S/C22H20O5/c1-25-20-18(22(23)24)12-13-19(26-14-16-8-4-2-5-9-16)21(20)27-15-17-10-6-3-7-11-17/h2-13H,14-15H2,1H3,(H,23,24). The average molecular weight is 364 g/mol. The predicted molar refractivity (Wildman–Crippen MR) is 102 cm³/mol. The topological polar surface area (TPSA) is 65.0 Å². The Bertz CT molecular complexity index is 891. The fourth-order valence-corrected chi connectivity index (χ4v) is 2.63. The molecule has 0 heterocycles. The third-order valence-electron chi connectivity index (χ3n) is 3.97. The molecule has 0 unspecified atom stereocenters. The Morgan fingerprint density at radius 1 is 0.778 bits per heavy atom. The number of rotatable bonds is 8. The van der Waals surface area contributed by atoms with E-state index < -0.39 is 5.97 Å². The first-order valence-corrected chi connectivity index (χ1v) is 8.46. The van der Waals surface area contributed by atoms with E-state index in [2.05, 4.69) is 0 Å². The Morgan fingerprint density at radius 3 is 1.85 bits per heavy atom. The zero-order chi connectivity index (χ0) is 19.1. The lowest BCUT2D eigenvalue weighted by molar-refractivity contribution is 0.0692. The summed E-state index contributed by atoms with van der Waals surface area (Å²) in [5, 5.41) is 9.43. The van der Waals surface area contributed by atoms with Crippen molar-refractivity contribution in [1.29, 1.82) is 0 Å². The van der Waals surface area contributed by atoms with E-state index in [0.717, 1.165) is 11.1 Å². The van der Waals surface area contributed by atoms with Crippen LogP contribution in [-0.2, 0) is 13.2 Å². The highest BCUT2D eigenvalue weighted by atomic mass is 16.5. The quantitative estimate of drug-likeness (QED) is 0.635. The van der Waals surface area contributed by atoms with E-state index in [1.165, 1.54) is 13.2 Å². The summed E-state index contributed by atoms with van der Waals surface area (Å²) in [5.74, 6) is -0.246. The van der Waals surface area contributed by atoms with Gasteiger partial charge in [-0.1, -0.05) is 60.7 Å². The summed E-state index contributed by atoms with van der Waals surface area (Å²) < 4.78 is 17.1. The van der Waals surface area contributed by atoms with Crippen LogP contribution in [-0.4, -0.2) is 18.2 Å². The molecule has 5 nitrogen and oxygen atoms in total. The van der Waals surface area contributed by atoms with Gasteiger partial charge < -0.3 is 19.3 Å². The molecule has 0 aliphatic rings. The fraction of sp³-hybridized carbons (Fsp3) is 0.136. The summed E-state index contributed by atoms with van der Waals surface area (Å²) in [6, 6.07) is 22.3. The Balaban J connectivity index is 1.89. The molecule has 0 aliphatic heterocycles. The maximum atomic E-state index is 11.5. The fourth-order valence-electron chi connectivity index (χ4n) is 2.63. The van der Waals surface area contributed by atoms with Crippen LogP contribution >= 0.6 is 0 Å². The van der Waals surface area contributed by atoms with Gasteiger partial charge in [-0.3, -0.25) is 0 Å². The van der Waals surface area contributed by atoms with Gasteiger partial charge >= 0.3 is 5.97 Å². The smallest absolute Gasteiger partial charge is 0.339 e. The van der Waals surface area contributed by atoms with E-state index >= 15 is 0 Å². The van der Waals surface area contributed by atoms with Crippen LogP contribution in [0.1, 0.15) is 21.5 Å². The Hall–Kier alpha value is -3.47. The minimum absolute atomic E-state index is 0.0209. The molecule has 5 heteroatoms. The van der Waals surface area contributed by atoms with Crippen LogP contribution in [0.3, 0.4) is 0 Å². The van der Waals surface area contributed by atoms with Crippen LogP contribution in [0, 0.1) is 0 Å². The Morgan fingerprint density at radius 2 is 1.33 bits per heavy atom. The normalized spacial score (nSPS) is 10.3. The van der Waals surface area contributed by atoms with Crippen LogP contribution < -0.4 is 14.2 Å². The monoisotopic (exact) mass is 364 g/mol. The number of carboxylic acid groups (broad SMARTS) is 1. The molecule has 0 spiro atoms. The largest absolute Gasteiger partial charge is 0.492 e. The first-order chi connectivity index (χ1) is 13.2. The van der Waals surface area contributed by atoms with Gasteiger partial charge in [0.25, 0.3) is 0 Å². The van der Waals surface area contributed by atoms with E-state index in [0.29, 0.717) is 12.4 Å². The number of hydrogen-bond donors (Lipinski definition) is 1. The lowest BCUT2D eigenvalue weighted by atomic mass is 10.1. The van der Waals surface area contributed by atoms with Gasteiger partial charge in [0.15, 0.2) is 11.5 Å². The van der Waals surface area contributed by atoms with Gasteiger partial charge in [-0.2, -0.15) is 0 Å². The zero-order valence-corrected chi connectivity index (χ0v) is 14.9. The van der Waals surface area contributed by atoms with Crippen molar-refractivity contribution in [2.75, 3.05) is 7.11 Å². The van der Waals surface area contributed by atoms with Crippen LogP contribution in [0.4, 0.5) is 0 Å². The molecular weight excluding hydrogens is 344 g/mol. The number of carbonyl (C=O) groups is 1.